The molecule has 0 spiro atoms. The summed E-state index contributed by atoms with van der Waals surface area (Å²) < 4.78 is 0. The molecule has 0 heterocycles. The number of Topliss-reactive ketones (excluding diaryl/α,β-unsaturated/α-hetero) is 1. The van der Waals surface area contributed by atoms with Gasteiger partial charge in [0.05, 0.1) is 5.41 Å². The predicted octanol–water partition coefficient (Wildman–Crippen LogP) is 6.36. The summed E-state index contributed by atoms with van der Waals surface area (Å²) in [4.78, 5) is 37.7. The van der Waals surface area contributed by atoms with Gasteiger partial charge < -0.3 is 10.2 Å². The van der Waals surface area contributed by atoms with Gasteiger partial charge in [0.1, 0.15) is 5.78 Å². The van der Waals surface area contributed by atoms with Crippen molar-refractivity contribution < 1.29 is 24.6 Å². The second kappa shape index (κ2) is 7.44. The van der Waals surface area contributed by atoms with Crippen LogP contribution in [0.15, 0.2) is 12.2 Å². The third kappa shape index (κ3) is 2.90. The molecule has 4 unspecified atom stereocenters. The van der Waals surface area contributed by atoms with Gasteiger partial charge in [0, 0.05) is 17.4 Å². The maximum absolute atomic E-state index is 12.9. The lowest BCUT2D eigenvalue weighted by Crippen LogP contribution is -2.66. The van der Waals surface area contributed by atoms with Crippen LogP contribution in [0.25, 0.3) is 0 Å². The number of hydrogen-bond acceptors (Lipinski definition) is 3. The molecule has 5 aliphatic carbocycles. The van der Waals surface area contributed by atoms with Gasteiger partial charge in [-0.15, -0.1) is 0 Å². The van der Waals surface area contributed by atoms with E-state index >= 15 is 0 Å². The van der Waals surface area contributed by atoms with Crippen molar-refractivity contribution in [3.8, 4) is 0 Å². The van der Waals surface area contributed by atoms with E-state index in [2.05, 4.69) is 41.2 Å². The van der Waals surface area contributed by atoms with E-state index in [-0.39, 0.29) is 45.0 Å². The topological polar surface area (TPSA) is 91.7 Å². The van der Waals surface area contributed by atoms with Crippen molar-refractivity contribution in [2.24, 2.45) is 56.7 Å². The molecule has 0 aromatic carbocycles. The fourth-order valence-corrected chi connectivity index (χ4v) is 11.3. The van der Waals surface area contributed by atoms with E-state index in [0.717, 1.165) is 38.5 Å². The number of hydrogen-bond donors (Lipinski definition) is 2. The molecule has 5 fully saturated rings. The number of carboxylic acids is 2. The lowest BCUT2D eigenvalue weighted by molar-refractivity contribution is -0.235. The minimum absolute atomic E-state index is 0.0412. The smallest absolute Gasteiger partial charge is 0.331 e. The first-order valence-corrected chi connectivity index (χ1v) is 13.9. The average Bonchev–Trinajstić information content (AvgIpc) is 3.17. The van der Waals surface area contributed by atoms with Gasteiger partial charge in [-0.1, -0.05) is 41.2 Å². The highest BCUT2D eigenvalue weighted by Crippen LogP contribution is 2.77. The molecule has 0 bridgehead atoms. The Kier molecular flexibility index (Phi) is 5.32. The molecule has 5 heteroatoms. The van der Waals surface area contributed by atoms with Gasteiger partial charge in [-0.25, -0.2) is 4.79 Å². The van der Waals surface area contributed by atoms with Crippen molar-refractivity contribution in [3.63, 3.8) is 0 Å². The SMILES string of the molecule is C=C(C(=O)O)[C@@H]1CC[C@]2(C(=O)O)CC[C@]3(C)C(CCC4[C@@]5(C)CCC(=O)C(C)(C)C5CC[C@]43C)C12. The van der Waals surface area contributed by atoms with Crippen LogP contribution >= 0.6 is 0 Å². The normalized spacial score (nSPS) is 50.3. The lowest BCUT2D eigenvalue weighted by Gasteiger charge is -2.72. The van der Waals surface area contributed by atoms with Gasteiger partial charge in [0.25, 0.3) is 0 Å². The summed E-state index contributed by atoms with van der Waals surface area (Å²) in [5, 5.41) is 20.3. The molecule has 5 rings (SSSR count). The van der Waals surface area contributed by atoms with E-state index in [1.807, 2.05) is 0 Å². The van der Waals surface area contributed by atoms with E-state index in [9.17, 15) is 24.6 Å². The Morgan fingerprint density at radius 2 is 1.51 bits per heavy atom. The van der Waals surface area contributed by atoms with Crippen LogP contribution in [0, 0.1) is 56.7 Å². The van der Waals surface area contributed by atoms with Crippen LogP contribution in [-0.2, 0) is 14.4 Å². The molecular weight excluding hydrogens is 440 g/mol. The quantitative estimate of drug-likeness (QED) is 0.455. The van der Waals surface area contributed by atoms with Gasteiger partial charge in [-0.2, -0.15) is 0 Å². The van der Waals surface area contributed by atoms with Gasteiger partial charge in [0.15, 0.2) is 0 Å². The third-order valence-corrected chi connectivity index (χ3v) is 13.3. The summed E-state index contributed by atoms with van der Waals surface area (Å²) in [5.74, 6) is -0.638. The van der Waals surface area contributed by atoms with Gasteiger partial charge in [-0.3, -0.25) is 9.59 Å². The Labute approximate surface area is 210 Å². The van der Waals surface area contributed by atoms with E-state index in [0.29, 0.717) is 43.3 Å². The van der Waals surface area contributed by atoms with Crippen molar-refractivity contribution >= 4 is 17.7 Å². The highest BCUT2D eigenvalue weighted by molar-refractivity contribution is 5.87. The van der Waals surface area contributed by atoms with Crippen LogP contribution < -0.4 is 0 Å². The predicted molar refractivity (Wildman–Crippen MR) is 134 cm³/mol. The number of carbonyl (C=O) groups excluding carboxylic acids is 1. The fraction of sp³-hybridized carbons (Fsp3) is 0.833. The highest BCUT2D eigenvalue weighted by atomic mass is 16.4. The second-order valence-corrected chi connectivity index (χ2v) is 14.3. The maximum atomic E-state index is 12.9. The van der Waals surface area contributed by atoms with Gasteiger partial charge in [0.2, 0.25) is 0 Å². The fourth-order valence-electron chi connectivity index (χ4n) is 11.3. The van der Waals surface area contributed by atoms with Crippen molar-refractivity contribution in [3.05, 3.63) is 12.2 Å². The van der Waals surface area contributed by atoms with Crippen LogP contribution in [0.1, 0.15) is 98.8 Å². The number of aliphatic carboxylic acids is 2. The zero-order valence-corrected chi connectivity index (χ0v) is 22.3. The number of ketones is 1. The summed E-state index contributed by atoms with van der Waals surface area (Å²) in [6, 6.07) is 0. The molecule has 0 radical (unpaired) electrons. The minimum atomic E-state index is -0.981. The Hall–Kier alpha value is -1.65. The molecule has 5 aliphatic rings. The monoisotopic (exact) mass is 484 g/mol. The highest BCUT2D eigenvalue weighted by Gasteiger charge is 2.72. The summed E-state index contributed by atoms with van der Waals surface area (Å²) in [6.07, 6.45) is 8.45. The third-order valence-electron chi connectivity index (χ3n) is 13.3. The van der Waals surface area contributed by atoms with Crippen molar-refractivity contribution in [2.75, 3.05) is 0 Å². The van der Waals surface area contributed by atoms with Crippen LogP contribution in [-0.4, -0.2) is 27.9 Å². The zero-order chi connectivity index (χ0) is 25.8. The van der Waals surface area contributed by atoms with Crippen LogP contribution in [0.5, 0.6) is 0 Å². The van der Waals surface area contributed by atoms with Crippen molar-refractivity contribution in [2.45, 2.75) is 98.8 Å². The molecule has 35 heavy (non-hydrogen) atoms. The Morgan fingerprint density at radius 1 is 0.829 bits per heavy atom. The Bertz CT molecular complexity index is 997. The van der Waals surface area contributed by atoms with E-state index in [1.165, 1.54) is 0 Å². The summed E-state index contributed by atoms with van der Waals surface area (Å²) in [5.41, 5.74) is -0.776. The molecule has 0 amide bonds. The molecule has 0 aromatic rings. The number of fused-ring (bicyclic) bond motifs is 7. The molecular formula is C30H44O5. The number of carboxylic acid groups (broad SMARTS) is 2. The largest absolute Gasteiger partial charge is 0.481 e. The average molecular weight is 485 g/mol. The standard InChI is InChI=1S/C30H44O5/c1-17(24(32)33)18-9-14-30(25(34)35)16-15-28(5)19(23(18)30)7-8-21-27(4)12-11-22(31)26(2,3)20(27)10-13-29(21,28)6/h18-21,23H,1,7-16H2,2-6H3,(H,32,33)(H,34,35)/t18-,19?,20?,21?,23?,27-,28+,29+,30-/m0/s1. The van der Waals surface area contributed by atoms with Crippen molar-refractivity contribution in [1.82, 2.24) is 0 Å². The van der Waals surface area contributed by atoms with Crippen LogP contribution in [0.2, 0.25) is 0 Å². The first kappa shape index (κ1) is 25.0. The maximum Gasteiger partial charge on any atom is 0.331 e. The van der Waals surface area contributed by atoms with Gasteiger partial charge >= 0.3 is 11.9 Å². The number of carbonyl (C=O) groups is 3. The first-order chi connectivity index (χ1) is 16.2. The molecule has 194 valence electrons. The number of rotatable bonds is 3. The molecule has 5 saturated carbocycles. The lowest BCUT2D eigenvalue weighted by atomic mass is 9.32. The van der Waals surface area contributed by atoms with Gasteiger partial charge in [-0.05, 0) is 104 Å². The van der Waals surface area contributed by atoms with Crippen LogP contribution in [0.4, 0.5) is 0 Å². The van der Waals surface area contributed by atoms with E-state index < -0.39 is 17.4 Å². The molecule has 9 atom stereocenters. The molecule has 0 aromatic heterocycles. The Balaban J connectivity index is 1.57. The molecule has 0 saturated heterocycles. The summed E-state index contributed by atoms with van der Waals surface area (Å²) in [6.45, 7) is 15.6. The van der Waals surface area contributed by atoms with E-state index in [1.54, 1.807) is 0 Å². The first-order valence-electron chi connectivity index (χ1n) is 13.9. The molecule has 2 N–H and O–H groups in total. The van der Waals surface area contributed by atoms with Crippen LogP contribution in [0.3, 0.4) is 0 Å². The second-order valence-electron chi connectivity index (χ2n) is 14.3. The molecule has 5 nitrogen and oxygen atoms in total. The zero-order valence-electron chi connectivity index (χ0n) is 22.3. The summed E-state index contributed by atoms with van der Waals surface area (Å²) >= 11 is 0. The van der Waals surface area contributed by atoms with Crippen molar-refractivity contribution in [1.29, 1.82) is 0 Å². The van der Waals surface area contributed by atoms with E-state index in [4.69, 9.17) is 0 Å². The minimum Gasteiger partial charge on any atom is -0.481 e. The Morgan fingerprint density at radius 3 is 2.14 bits per heavy atom. The molecule has 0 aliphatic heterocycles. The summed E-state index contributed by atoms with van der Waals surface area (Å²) in [7, 11) is 0.